The van der Waals surface area contributed by atoms with Crippen molar-refractivity contribution in [2.24, 2.45) is 0 Å². The van der Waals surface area contributed by atoms with Crippen LogP contribution in [0.5, 0.6) is 0 Å². The van der Waals surface area contributed by atoms with Crippen LogP contribution in [0.3, 0.4) is 0 Å². The average molecular weight is 190 g/mol. The van der Waals surface area contributed by atoms with Crippen LogP contribution >= 0.6 is 11.8 Å². The molecule has 0 unspecified atom stereocenters. The van der Waals surface area contributed by atoms with Gasteiger partial charge in [0.05, 0.1) is 0 Å². The van der Waals surface area contributed by atoms with E-state index in [1.807, 2.05) is 11.8 Å². The van der Waals surface area contributed by atoms with E-state index < -0.39 is 0 Å². The summed E-state index contributed by atoms with van der Waals surface area (Å²) in [5.74, 6) is 1.23. The maximum Gasteiger partial charge on any atom is 0.0101 e. The highest BCUT2D eigenvalue weighted by molar-refractivity contribution is 7.99. The van der Waals surface area contributed by atoms with Crippen molar-refractivity contribution in [3.8, 4) is 0 Å². The Hall–Kier alpha value is 0.270. The topological polar surface area (TPSA) is 15.3 Å². The van der Waals surface area contributed by atoms with Crippen LogP contribution in [-0.2, 0) is 0 Å². The zero-order valence-corrected chi connectivity index (χ0v) is 9.58. The van der Waals surface area contributed by atoms with Crippen molar-refractivity contribution >= 4 is 11.8 Å². The molecule has 0 aromatic carbocycles. The molecule has 0 aliphatic rings. The van der Waals surface area contributed by atoms with Gasteiger partial charge in [-0.05, 0) is 19.3 Å². The molecule has 0 bridgehead atoms. The maximum absolute atomic E-state index is 3.41. The largest absolute Gasteiger partial charge is 0.315 e. The summed E-state index contributed by atoms with van der Waals surface area (Å²) >= 11 is 2.01. The molecule has 0 amide bonds. The van der Waals surface area contributed by atoms with Gasteiger partial charge in [-0.15, -0.1) is 0 Å². The second kappa shape index (κ2) is 7.90. The second-order valence-electron chi connectivity index (χ2n) is 3.47. The molecule has 12 heavy (non-hydrogen) atoms. The van der Waals surface area contributed by atoms with Crippen molar-refractivity contribution in [2.45, 2.75) is 19.1 Å². The standard InChI is InChI=1S/C9H22N2S/c1-9(2)12-8-6-10-5-7-11(3)4/h9-10H,5-8H2,1-4H3. The first-order valence-corrected chi connectivity index (χ1v) is 5.65. The molecule has 0 atom stereocenters. The Kier molecular flexibility index (Phi) is 8.07. The lowest BCUT2D eigenvalue weighted by Crippen LogP contribution is -2.28. The molecule has 1 N–H and O–H groups in total. The fraction of sp³-hybridized carbons (Fsp3) is 1.00. The third-order valence-corrected chi connectivity index (χ3v) is 2.57. The van der Waals surface area contributed by atoms with Crippen LogP contribution in [-0.4, -0.2) is 49.6 Å². The van der Waals surface area contributed by atoms with E-state index in [2.05, 4.69) is 38.2 Å². The van der Waals surface area contributed by atoms with Crippen molar-refractivity contribution in [2.75, 3.05) is 39.5 Å². The summed E-state index contributed by atoms with van der Waals surface area (Å²) in [5.41, 5.74) is 0. The number of hydrogen-bond acceptors (Lipinski definition) is 3. The summed E-state index contributed by atoms with van der Waals surface area (Å²) < 4.78 is 0. The second-order valence-corrected chi connectivity index (χ2v) is 5.16. The number of likely N-dealkylation sites (N-methyl/N-ethyl adjacent to an activating group) is 1. The van der Waals surface area contributed by atoms with E-state index in [9.17, 15) is 0 Å². The molecule has 0 radical (unpaired) electrons. The molecule has 0 fully saturated rings. The van der Waals surface area contributed by atoms with E-state index >= 15 is 0 Å². The van der Waals surface area contributed by atoms with E-state index in [1.165, 1.54) is 5.75 Å². The van der Waals surface area contributed by atoms with Crippen LogP contribution in [0.15, 0.2) is 0 Å². The van der Waals surface area contributed by atoms with Gasteiger partial charge in [0.15, 0.2) is 0 Å². The van der Waals surface area contributed by atoms with Gasteiger partial charge in [0, 0.05) is 25.4 Å². The lowest BCUT2D eigenvalue weighted by molar-refractivity contribution is 0.403. The molecule has 0 aliphatic carbocycles. The predicted molar refractivity (Wildman–Crippen MR) is 59.0 cm³/mol. The Morgan fingerprint density at radius 2 is 1.92 bits per heavy atom. The number of nitrogens with one attached hydrogen (secondary N) is 1. The summed E-state index contributed by atoms with van der Waals surface area (Å²) in [6.45, 7) is 7.85. The number of rotatable bonds is 7. The van der Waals surface area contributed by atoms with Gasteiger partial charge >= 0.3 is 0 Å². The fourth-order valence-corrected chi connectivity index (χ4v) is 1.53. The third kappa shape index (κ3) is 10.3. The van der Waals surface area contributed by atoms with Crippen LogP contribution in [0, 0.1) is 0 Å². The molecular formula is C9H22N2S. The van der Waals surface area contributed by atoms with Crippen molar-refractivity contribution < 1.29 is 0 Å². The van der Waals surface area contributed by atoms with Crippen LogP contribution in [0.1, 0.15) is 13.8 Å². The van der Waals surface area contributed by atoms with Gasteiger partial charge in [-0.25, -0.2) is 0 Å². The lowest BCUT2D eigenvalue weighted by Gasteiger charge is -2.10. The zero-order valence-electron chi connectivity index (χ0n) is 8.76. The Morgan fingerprint density at radius 1 is 1.25 bits per heavy atom. The SMILES string of the molecule is CC(C)SCCNCCN(C)C. The van der Waals surface area contributed by atoms with Crippen molar-refractivity contribution in [1.82, 2.24) is 10.2 Å². The van der Waals surface area contributed by atoms with Crippen molar-refractivity contribution in [3.05, 3.63) is 0 Å². The molecule has 2 nitrogen and oxygen atoms in total. The van der Waals surface area contributed by atoms with Crippen molar-refractivity contribution in [1.29, 1.82) is 0 Å². The highest BCUT2D eigenvalue weighted by Gasteiger charge is 1.93. The van der Waals surface area contributed by atoms with E-state index in [-0.39, 0.29) is 0 Å². The molecule has 0 saturated carbocycles. The average Bonchev–Trinajstić information content (AvgIpc) is 1.95. The first-order valence-electron chi connectivity index (χ1n) is 4.60. The highest BCUT2D eigenvalue weighted by Crippen LogP contribution is 2.06. The van der Waals surface area contributed by atoms with Crippen LogP contribution < -0.4 is 5.32 Å². The minimum absolute atomic E-state index is 0.764. The zero-order chi connectivity index (χ0) is 9.40. The summed E-state index contributed by atoms with van der Waals surface area (Å²) in [5, 5.41) is 4.17. The van der Waals surface area contributed by atoms with E-state index in [0.717, 1.165) is 24.9 Å². The van der Waals surface area contributed by atoms with Gasteiger partial charge in [-0.3, -0.25) is 0 Å². The van der Waals surface area contributed by atoms with Gasteiger partial charge in [0.1, 0.15) is 0 Å². The number of nitrogens with zero attached hydrogens (tertiary/aromatic N) is 1. The van der Waals surface area contributed by atoms with Gasteiger partial charge in [-0.2, -0.15) is 11.8 Å². The molecule has 0 spiro atoms. The molecule has 0 heterocycles. The normalized spacial score (nSPS) is 11.5. The smallest absolute Gasteiger partial charge is 0.0101 e. The Bertz CT molecular complexity index is 82.5. The van der Waals surface area contributed by atoms with E-state index in [0.29, 0.717) is 0 Å². The van der Waals surface area contributed by atoms with E-state index in [4.69, 9.17) is 0 Å². The Morgan fingerprint density at radius 3 is 2.42 bits per heavy atom. The molecular weight excluding hydrogens is 168 g/mol. The molecule has 0 aliphatic heterocycles. The van der Waals surface area contributed by atoms with Gasteiger partial charge < -0.3 is 10.2 Å². The minimum Gasteiger partial charge on any atom is -0.315 e. The fourth-order valence-electron chi connectivity index (χ4n) is 0.794. The summed E-state index contributed by atoms with van der Waals surface area (Å²) in [7, 11) is 4.20. The van der Waals surface area contributed by atoms with Crippen molar-refractivity contribution in [3.63, 3.8) is 0 Å². The highest BCUT2D eigenvalue weighted by atomic mass is 32.2. The van der Waals surface area contributed by atoms with Crippen LogP contribution in [0.4, 0.5) is 0 Å². The van der Waals surface area contributed by atoms with Crippen LogP contribution in [0.2, 0.25) is 0 Å². The quantitative estimate of drug-likeness (QED) is 0.609. The summed E-state index contributed by atoms with van der Waals surface area (Å²) in [6, 6.07) is 0. The molecule has 3 heteroatoms. The first kappa shape index (κ1) is 12.3. The van der Waals surface area contributed by atoms with Gasteiger partial charge in [0.25, 0.3) is 0 Å². The third-order valence-electron chi connectivity index (χ3n) is 1.47. The van der Waals surface area contributed by atoms with Gasteiger partial charge in [-0.1, -0.05) is 13.8 Å². The molecule has 0 rings (SSSR count). The monoisotopic (exact) mass is 190 g/mol. The summed E-state index contributed by atoms with van der Waals surface area (Å²) in [6.07, 6.45) is 0. The van der Waals surface area contributed by atoms with Crippen LogP contribution in [0.25, 0.3) is 0 Å². The molecule has 0 aromatic heterocycles. The maximum atomic E-state index is 3.41. The molecule has 74 valence electrons. The minimum atomic E-state index is 0.764. The molecule has 0 aromatic rings. The summed E-state index contributed by atoms with van der Waals surface area (Å²) in [4.78, 5) is 2.20. The lowest BCUT2D eigenvalue weighted by atomic mass is 10.5. The van der Waals surface area contributed by atoms with Gasteiger partial charge in [0.2, 0.25) is 0 Å². The predicted octanol–water partition coefficient (Wildman–Crippen LogP) is 1.28. The van der Waals surface area contributed by atoms with E-state index in [1.54, 1.807) is 0 Å². The Labute approximate surface area is 81.1 Å². The number of hydrogen-bond donors (Lipinski definition) is 1. The molecule has 0 saturated heterocycles. The number of thioether (sulfide) groups is 1. The Balaban J connectivity index is 2.91. The first-order chi connectivity index (χ1) is 5.63.